The van der Waals surface area contributed by atoms with Crippen LogP contribution >= 0.6 is 0 Å². The van der Waals surface area contributed by atoms with Crippen LogP contribution in [0.5, 0.6) is 0 Å². The van der Waals surface area contributed by atoms with Crippen LogP contribution in [-0.4, -0.2) is 26.4 Å². The van der Waals surface area contributed by atoms with Gasteiger partial charge in [-0.2, -0.15) is 0 Å². The Labute approximate surface area is 45.1 Å². The van der Waals surface area contributed by atoms with Gasteiger partial charge in [0, 0.05) is 21.4 Å². The van der Waals surface area contributed by atoms with Crippen LogP contribution in [0, 0.1) is 0 Å². The van der Waals surface area contributed by atoms with Crippen LogP contribution in [0.15, 0.2) is 0 Å². The molecule has 1 rings (SSSR count). The van der Waals surface area contributed by atoms with Crippen molar-refractivity contribution in [1.29, 1.82) is 0 Å². The largest absolute Gasteiger partial charge is 0.368 e. The molecule has 1 fully saturated rings. The van der Waals surface area contributed by atoms with E-state index < -0.39 is 6.29 Å². The van der Waals surface area contributed by atoms with E-state index in [1.807, 2.05) is 0 Å². The molecular weight excluding hydrogens is 90.9 g/mol. The Bertz CT molecular complexity index is 43.0. The molecule has 0 amide bonds. The molecule has 0 aromatic rings. The molecule has 3 radical (unpaired) electrons. The van der Waals surface area contributed by atoms with E-state index in [1.165, 1.54) is 0 Å². The minimum Gasteiger partial charge on any atom is -0.368 e. The number of ether oxygens (including phenoxy) is 1. The fourth-order valence-electron chi connectivity index (χ4n) is 0.561. The van der Waals surface area contributed by atoms with Gasteiger partial charge in [-0.15, -0.1) is 0 Å². The molecule has 0 aromatic carbocycles. The molecule has 1 atom stereocenters. The molecule has 1 N–H and O–H groups in total. The van der Waals surface area contributed by atoms with Crippen molar-refractivity contribution in [2.75, 3.05) is 6.61 Å². The fourth-order valence-corrected chi connectivity index (χ4v) is 0.561. The number of hydrogen-bond donors (Lipinski definition) is 1. The van der Waals surface area contributed by atoms with Crippen LogP contribution < -0.4 is 0 Å². The number of aliphatic hydroxyl groups excluding tert-OH is 1. The number of hydrogen-bond acceptors (Lipinski definition) is 2. The van der Waals surface area contributed by atoms with Gasteiger partial charge in [0.05, 0.1) is 0 Å². The molecule has 1 heterocycles. The number of aliphatic hydroxyl groups is 1. The van der Waals surface area contributed by atoms with Crippen LogP contribution in [0.1, 0.15) is 12.8 Å². The molecule has 1 saturated heterocycles. The third kappa shape index (κ3) is 1.95. The Kier molecular flexibility index (Phi) is 3.04. The van der Waals surface area contributed by atoms with Gasteiger partial charge in [0.2, 0.25) is 0 Å². The van der Waals surface area contributed by atoms with Crippen molar-refractivity contribution in [3.8, 4) is 0 Å². The highest BCUT2D eigenvalue weighted by molar-refractivity contribution is 5.75. The van der Waals surface area contributed by atoms with Gasteiger partial charge in [0.25, 0.3) is 0 Å². The van der Waals surface area contributed by atoms with E-state index >= 15 is 0 Å². The molecule has 1 aliphatic rings. The van der Waals surface area contributed by atoms with E-state index in [0.717, 1.165) is 19.4 Å². The van der Waals surface area contributed by atoms with Gasteiger partial charge in [-0.3, -0.25) is 0 Å². The Balaban J connectivity index is 0.000000360. The Morgan fingerprint density at radius 1 is 1.57 bits per heavy atom. The first kappa shape index (κ1) is 6.98. The molecule has 0 aliphatic carbocycles. The zero-order valence-electron chi connectivity index (χ0n) is 4.13. The van der Waals surface area contributed by atoms with Gasteiger partial charge in [-0.1, -0.05) is 0 Å². The minimum absolute atomic E-state index is 0. The van der Waals surface area contributed by atoms with Crippen LogP contribution in [0.3, 0.4) is 0 Å². The standard InChI is InChI=1S/C4H8O2.B/c5-4-2-1-3-6-4;/h4-5H,1-3H2;. The summed E-state index contributed by atoms with van der Waals surface area (Å²) < 4.78 is 4.71. The van der Waals surface area contributed by atoms with E-state index in [1.54, 1.807) is 0 Å². The van der Waals surface area contributed by atoms with Crippen molar-refractivity contribution < 1.29 is 9.84 Å². The Morgan fingerprint density at radius 2 is 2.29 bits per heavy atom. The maximum absolute atomic E-state index is 8.51. The lowest BCUT2D eigenvalue weighted by atomic mass is 10.4. The predicted molar refractivity (Wildman–Crippen MR) is 26.9 cm³/mol. The van der Waals surface area contributed by atoms with Crippen molar-refractivity contribution in [2.24, 2.45) is 0 Å². The lowest BCUT2D eigenvalue weighted by molar-refractivity contribution is -0.0589. The summed E-state index contributed by atoms with van der Waals surface area (Å²) in [5.41, 5.74) is 0. The topological polar surface area (TPSA) is 29.5 Å². The summed E-state index contributed by atoms with van der Waals surface area (Å²) in [6.45, 7) is 0.737. The summed E-state index contributed by atoms with van der Waals surface area (Å²) >= 11 is 0. The lowest BCUT2D eigenvalue weighted by Crippen LogP contribution is -1.99. The summed E-state index contributed by atoms with van der Waals surface area (Å²) in [4.78, 5) is 0. The molecule has 0 saturated carbocycles. The van der Waals surface area contributed by atoms with Crippen LogP contribution in [0.4, 0.5) is 0 Å². The van der Waals surface area contributed by atoms with Gasteiger partial charge in [0.1, 0.15) is 0 Å². The van der Waals surface area contributed by atoms with Crippen molar-refractivity contribution >= 4 is 8.41 Å². The van der Waals surface area contributed by atoms with Gasteiger partial charge >= 0.3 is 0 Å². The van der Waals surface area contributed by atoms with E-state index in [2.05, 4.69) is 0 Å². The molecule has 2 nitrogen and oxygen atoms in total. The molecule has 0 aromatic heterocycles. The second-order valence-electron chi connectivity index (χ2n) is 1.47. The maximum Gasteiger partial charge on any atom is 0.154 e. The van der Waals surface area contributed by atoms with Gasteiger partial charge < -0.3 is 9.84 Å². The quantitative estimate of drug-likeness (QED) is 0.423. The SMILES string of the molecule is OC1CCCO1.[B]. The monoisotopic (exact) mass is 99.1 g/mol. The van der Waals surface area contributed by atoms with Crippen molar-refractivity contribution in [2.45, 2.75) is 19.1 Å². The average Bonchev–Trinajstić information content (AvgIpc) is 1.86. The van der Waals surface area contributed by atoms with E-state index in [4.69, 9.17) is 9.84 Å². The molecule has 7 heavy (non-hydrogen) atoms. The molecule has 1 aliphatic heterocycles. The summed E-state index contributed by atoms with van der Waals surface area (Å²) in [5, 5.41) is 8.51. The molecule has 3 heteroatoms. The van der Waals surface area contributed by atoms with Crippen LogP contribution in [-0.2, 0) is 4.74 Å². The summed E-state index contributed by atoms with van der Waals surface area (Å²) in [7, 11) is 0. The van der Waals surface area contributed by atoms with Crippen LogP contribution in [0.2, 0.25) is 0 Å². The third-order valence-electron chi connectivity index (χ3n) is 0.906. The first-order chi connectivity index (χ1) is 2.89. The average molecular weight is 98.9 g/mol. The highest BCUT2D eigenvalue weighted by Crippen LogP contribution is 2.06. The summed E-state index contributed by atoms with van der Waals surface area (Å²) in [6.07, 6.45) is 1.38. The van der Waals surface area contributed by atoms with Crippen molar-refractivity contribution in [1.82, 2.24) is 0 Å². The van der Waals surface area contributed by atoms with Gasteiger partial charge in [0.15, 0.2) is 6.29 Å². The summed E-state index contributed by atoms with van der Waals surface area (Å²) in [5.74, 6) is 0. The zero-order chi connectivity index (χ0) is 4.41. The Morgan fingerprint density at radius 3 is 2.43 bits per heavy atom. The van der Waals surface area contributed by atoms with Gasteiger partial charge in [-0.05, 0) is 6.42 Å². The summed E-state index contributed by atoms with van der Waals surface area (Å²) in [6, 6.07) is 0. The Hall–Kier alpha value is -0.0151. The normalized spacial score (nSPS) is 29.6. The predicted octanol–water partition coefficient (Wildman–Crippen LogP) is -0.266. The van der Waals surface area contributed by atoms with Crippen molar-refractivity contribution in [3.05, 3.63) is 0 Å². The smallest absolute Gasteiger partial charge is 0.154 e. The molecule has 1 unspecified atom stereocenters. The van der Waals surface area contributed by atoms with Gasteiger partial charge in [-0.25, -0.2) is 0 Å². The number of rotatable bonds is 0. The van der Waals surface area contributed by atoms with E-state index in [9.17, 15) is 0 Å². The van der Waals surface area contributed by atoms with E-state index in [0.29, 0.717) is 0 Å². The second kappa shape index (κ2) is 3.05. The third-order valence-corrected chi connectivity index (χ3v) is 0.906. The van der Waals surface area contributed by atoms with Crippen LogP contribution in [0.25, 0.3) is 0 Å². The molecule has 0 spiro atoms. The van der Waals surface area contributed by atoms with Crippen molar-refractivity contribution in [3.63, 3.8) is 0 Å². The second-order valence-corrected chi connectivity index (χ2v) is 1.47. The molecule has 0 bridgehead atoms. The first-order valence-electron chi connectivity index (χ1n) is 2.19. The highest BCUT2D eigenvalue weighted by atomic mass is 16.6. The highest BCUT2D eigenvalue weighted by Gasteiger charge is 2.09. The first-order valence-corrected chi connectivity index (χ1v) is 2.19. The zero-order valence-corrected chi connectivity index (χ0v) is 4.13. The maximum atomic E-state index is 8.51. The van der Waals surface area contributed by atoms with E-state index in [-0.39, 0.29) is 8.41 Å². The molecular formula is C4H8BO2. The molecule has 39 valence electrons. The minimum atomic E-state index is -0.454. The fraction of sp³-hybridized carbons (Fsp3) is 1.00. The lowest BCUT2D eigenvalue weighted by Gasteiger charge is -1.93.